The van der Waals surface area contributed by atoms with Crippen molar-refractivity contribution in [3.05, 3.63) is 52.2 Å². The molecule has 2 saturated heterocycles. The predicted molar refractivity (Wildman–Crippen MR) is 138 cm³/mol. The van der Waals surface area contributed by atoms with Crippen molar-refractivity contribution in [2.75, 3.05) is 33.3 Å². The van der Waals surface area contributed by atoms with E-state index < -0.39 is 0 Å². The number of hydrogen-bond donors (Lipinski definition) is 1. The summed E-state index contributed by atoms with van der Waals surface area (Å²) in [7, 11) is 1.67. The Balaban J connectivity index is 1.12. The summed E-state index contributed by atoms with van der Waals surface area (Å²) >= 11 is 1.72. The van der Waals surface area contributed by atoms with Gasteiger partial charge in [-0.2, -0.15) is 0 Å². The summed E-state index contributed by atoms with van der Waals surface area (Å²) < 4.78 is 5.25. The van der Waals surface area contributed by atoms with Crippen LogP contribution < -0.4 is 10.1 Å². The predicted octanol–water partition coefficient (Wildman–Crippen LogP) is 4.62. The number of rotatable bonds is 9. The van der Waals surface area contributed by atoms with Crippen molar-refractivity contribution in [1.29, 1.82) is 0 Å². The van der Waals surface area contributed by atoms with Crippen LogP contribution in [-0.2, 0) is 16.1 Å². The van der Waals surface area contributed by atoms with Crippen LogP contribution in [0.25, 0.3) is 0 Å². The van der Waals surface area contributed by atoms with Crippen LogP contribution in [0.1, 0.15) is 61.4 Å². The fourth-order valence-corrected chi connectivity index (χ4v) is 6.52. The van der Waals surface area contributed by atoms with E-state index in [1.54, 1.807) is 18.4 Å². The fourth-order valence-electron chi connectivity index (χ4n) is 5.71. The summed E-state index contributed by atoms with van der Waals surface area (Å²) in [6, 6.07) is 12.3. The van der Waals surface area contributed by atoms with Crippen LogP contribution in [0.15, 0.2) is 41.8 Å². The lowest BCUT2D eigenvalue weighted by Crippen LogP contribution is -2.45. The molecule has 1 saturated carbocycles. The lowest BCUT2D eigenvalue weighted by Gasteiger charge is -2.38. The lowest BCUT2D eigenvalue weighted by atomic mass is 9.77. The topological polar surface area (TPSA) is 61.9 Å². The summed E-state index contributed by atoms with van der Waals surface area (Å²) in [6.45, 7) is 4.38. The zero-order chi connectivity index (χ0) is 24.3. The smallest absolute Gasteiger partial charge is 0.229 e. The molecule has 1 aliphatic carbocycles. The maximum atomic E-state index is 13.4. The second-order valence-corrected chi connectivity index (χ2v) is 11.4. The summed E-state index contributed by atoms with van der Waals surface area (Å²) in [5.41, 5.74) is 0.964. The molecule has 35 heavy (non-hydrogen) atoms. The van der Waals surface area contributed by atoms with E-state index >= 15 is 0 Å². The van der Waals surface area contributed by atoms with Crippen LogP contribution in [0.5, 0.6) is 5.75 Å². The highest BCUT2D eigenvalue weighted by atomic mass is 32.1. The van der Waals surface area contributed by atoms with Crippen molar-refractivity contribution in [2.45, 2.75) is 57.5 Å². The molecule has 1 atom stereocenters. The normalized spacial score (nSPS) is 21.2. The third-order valence-electron chi connectivity index (χ3n) is 8.36. The van der Waals surface area contributed by atoms with Gasteiger partial charge in [0.25, 0.3) is 0 Å². The number of hydrogen-bond acceptors (Lipinski definition) is 5. The molecule has 3 fully saturated rings. The van der Waals surface area contributed by atoms with Crippen molar-refractivity contribution in [3.8, 4) is 5.75 Å². The van der Waals surface area contributed by atoms with Gasteiger partial charge in [0, 0.05) is 30.4 Å². The van der Waals surface area contributed by atoms with E-state index in [2.05, 4.69) is 27.7 Å². The third kappa shape index (κ3) is 5.41. The molecule has 2 aliphatic heterocycles. The Labute approximate surface area is 212 Å². The van der Waals surface area contributed by atoms with Gasteiger partial charge in [-0.1, -0.05) is 24.6 Å². The van der Waals surface area contributed by atoms with Crippen molar-refractivity contribution < 1.29 is 14.3 Å². The number of nitrogens with one attached hydrogen (secondary N) is 1. The number of methoxy groups -OCH3 is 1. The van der Waals surface area contributed by atoms with E-state index in [0.29, 0.717) is 12.5 Å². The molecular weight excluding hydrogens is 458 g/mol. The standard InChI is InChI=1S/C28H37N3O3S/c1-34-23-9-7-21(8-10-23)20-31-18-14-28(27(31)33)12-16-30(17-13-28)15-11-24(25-6-3-19-35-25)29-26(32)22-4-2-5-22/h3,6-10,19,22,24H,2,4-5,11-18,20H2,1H3,(H,29,32). The first-order chi connectivity index (χ1) is 17.1. The Bertz CT molecular complexity index is 995. The van der Waals surface area contributed by atoms with Crippen LogP contribution in [0.4, 0.5) is 0 Å². The molecule has 1 aromatic heterocycles. The third-order valence-corrected chi connectivity index (χ3v) is 9.35. The molecule has 5 rings (SSSR count). The molecule has 188 valence electrons. The van der Waals surface area contributed by atoms with Crippen molar-refractivity contribution in [3.63, 3.8) is 0 Å². The second-order valence-electron chi connectivity index (χ2n) is 10.4. The van der Waals surface area contributed by atoms with E-state index in [4.69, 9.17) is 4.74 Å². The van der Waals surface area contributed by atoms with Gasteiger partial charge in [-0.05, 0) is 80.8 Å². The van der Waals surface area contributed by atoms with Crippen LogP contribution >= 0.6 is 11.3 Å². The zero-order valence-corrected chi connectivity index (χ0v) is 21.5. The van der Waals surface area contributed by atoms with Gasteiger partial charge >= 0.3 is 0 Å². The van der Waals surface area contributed by atoms with Gasteiger partial charge in [0.15, 0.2) is 0 Å². The van der Waals surface area contributed by atoms with E-state index in [9.17, 15) is 9.59 Å². The van der Waals surface area contributed by atoms with Gasteiger partial charge in [0.1, 0.15) is 5.75 Å². The highest BCUT2D eigenvalue weighted by Crippen LogP contribution is 2.42. The number of ether oxygens (including phenoxy) is 1. The zero-order valence-electron chi connectivity index (χ0n) is 20.7. The minimum absolute atomic E-state index is 0.0899. The molecule has 2 aromatic rings. The average Bonchev–Trinajstić information content (AvgIpc) is 3.48. The van der Waals surface area contributed by atoms with Crippen molar-refractivity contribution in [2.24, 2.45) is 11.3 Å². The van der Waals surface area contributed by atoms with E-state index in [1.807, 2.05) is 29.2 Å². The Kier molecular flexibility index (Phi) is 7.44. The summed E-state index contributed by atoms with van der Waals surface area (Å²) in [5.74, 6) is 1.61. The van der Waals surface area contributed by atoms with E-state index in [1.165, 1.54) is 11.3 Å². The number of carbonyl (C=O) groups excluding carboxylic acids is 2. The first kappa shape index (κ1) is 24.3. The number of benzene rings is 1. The highest BCUT2D eigenvalue weighted by Gasteiger charge is 2.47. The minimum atomic E-state index is -0.186. The molecule has 3 aliphatic rings. The van der Waals surface area contributed by atoms with Gasteiger partial charge in [-0.15, -0.1) is 11.3 Å². The molecule has 1 N–H and O–H groups in total. The maximum Gasteiger partial charge on any atom is 0.229 e. The maximum absolute atomic E-state index is 13.4. The quantitative estimate of drug-likeness (QED) is 0.552. The van der Waals surface area contributed by atoms with Crippen LogP contribution in [-0.4, -0.2) is 54.9 Å². The van der Waals surface area contributed by atoms with Gasteiger partial charge in [0.05, 0.1) is 18.6 Å². The largest absolute Gasteiger partial charge is 0.497 e. The molecule has 3 heterocycles. The first-order valence-electron chi connectivity index (χ1n) is 13.0. The van der Waals surface area contributed by atoms with Crippen LogP contribution in [0.3, 0.4) is 0 Å². The molecule has 1 spiro atoms. The molecule has 6 nitrogen and oxygen atoms in total. The van der Waals surface area contributed by atoms with E-state index in [0.717, 1.165) is 76.0 Å². The summed E-state index contributed by atoms with van der Waals surface area (Å²) in [6.07, 6.45) is 6.98. The fraction of sp³-hybridized carbons (Fsp3) is 0.571. The number of amides is 2. The van der Waals surface area contributed by atoms with Gasteiger partial charge in [-0.3, -0.25) is 9.59 Å². The Morgan fingerprint density at radius 3 is 2.51 bits per heavy atom. The molecular formula is C28H37N3O3S. The molecule has 2 amide bonds. The van der Waals surface area contributed by atoms with Crippen molar-refractivity contribution in [1.82, 2.24) is 15.1 Å². The Hall–Kier alpha value is -2.38. The second kappa shape index (κ2) is 10.7. The number of likely N-dealkylation sites (tertiary alicyclic amines) is 2. The SMILES string of the molecule is COc1ccc(CN2CCC3(CCN(CCC(NC(=O)C4CCC4)c4cccs4)CC3)C2=O)cc1. The van der Waals surface area contributed by atoms with Gasteiger partial charge in [0.2, 0.25) is 11.8 Å². The van der Waals surface area contributed by atoms with Crippen LogP contribution in [0.2, 0.25) is 0 Å². The van der Waals surface area contributed by atoms with Crippen LogP contribution in [0, 0.1) is 11.3 Å². The highest BCUT2D eigenvalue weighted by molar-refractivity contribution is 7.10. The number of piperidine rings is 1. The monoisotopic (exact) mass is 495 g/mol. The number of thiophene rings is 1. The summed E-state index contributed by atoms with van der Waals surface area (Å²) in [5, 5.41) is 5.42. The van der Waals surface area contributed by atoms with Gasteiger partial charge in [-0.25, -0.2) is 0 Å². The average molecular weight is 496 g/mol. The molecule has 0 bridgehead atoms. The van der Waals surface area contributed by atoms with E-state index in [-0.39, 0.29) is 23.3 Å². The van der Waals surface area contributed by atoms with Crippen molar-refractivity contribution >= 4 is 23.2 Å². The number of nitrogens with zero attached hydrogens (tertiary/aromatic N) is 2. The Morgan fingerprint density at radius 1 is 1.14 bits per heavy atom. The minimum Gasteiger partial charge on any atom is -0.497 e. The number of carbonyl (C=O) groups is 2. The Morgan fingerprint density at radius 2 is 1.89 bits per heavy atom. The molecule has 1 unspecified atom stereocenters. The van der Waals surface area contributed by atoms with Gasteiger partial charge < -0.3 is 19.9 Å². The molecule has 7 heteroatoms. The molecule has 0 radical (unpaired) electrons. The summed E-state index contributed by atoms with van der Waals surface area (Å²) in [4.78, 5) is 31.8. The lowest BCUT2D eigenvalue weighted by molar-refractivity contribution is -0.139. The molecule has 1 aromatic carbocycles. The first-order valence-corrected chi connectivity index (χ1v) is 13.9.